The van der Waals surface area contributed by atoms with Crippen molar-refractivity contribution in [3.05, 3.63) is 35.4 Å². The van der Waals surface area contributed by atoms with Crippen LogP contribution in [0.5, 0.6) is 0 Å². The van der Waals surface area contributed by atoms with Gasteiger partial charge >= 0.3 is 0 Å². The van der Waals surface area contributed by atoms with E-state index in [1.807, 2.05) is 12.1 Å². The lowest BCUT2D eigenvalue weighted by Crippen LogP contribution is -2.50. The van der Waals surface area contributed by atoms with Crippen LogP contribution < -0.4 is 11.1 Å². The van der Waals surface area contributed by atoms with Crippen molar-refractivity contribution < 1.29 is 24.6 Å². The van der Waals surface area contributed by atoms with Crippen molar-refractivity contribution in [2.75, 3.05) is 6.54 Å². The van der Waals surface area contributed by atoms with E-state index in [0.717, 1.165) is 44.6 Å². The Balaban J connectivity index is 0.000000837. The summed E-state index contributed by atoms with van der Waals surface area (Å²) in [5, 5.41) is 28.3. The number of carboxylic acid groups (broad SMARTS) is 1. The molecule has 0 radical (unpaired) electrons. The summed E-state index contributed by atoms with van der Waals surface area (Å²) in [5.74, 6) is -1.29. The molecule has 1 saturated carbocycles. The van der Waals surface area contributed by atoms with Crippen molar-refractivity contribution in [2.24, 2.45) is 11.7 Å². The lowest BCUT2D eigenvalue weighted by atomic mass is 9.84. The summed E-state index contributed by atoms with van der Waals surface area (Å²) in [6.07, 6.45) is 5.45. The van der Waals surface area contributed by atoms with Gasteiger partial charge < -0.3 is 26.2 Å². The maximum atomic E-state index is 12.8. The number of likely N-dealkylation sites (tertiary alicyclic amines) is 1. The number of rotatable bonds is 6. The number of aliphatic carboxylic acids is 1. The Labute approximate surface area is 188 Å². The molecule has 2 fully saturated rings. The molecule has 9 heteroatoms. The third kappa shape index (κ3) is 7.33. The average molecular weight is 447 g/mol. The average Bonchev–Trinajstić information content (AvgIpc) is 3.27. The van der Waals surface area contributed by atoms with E-state index in [1.165, 1.54) is 6.42 Å². The fraction of sp³-hybridized carbons (Fsp3) is 0.565. The summed E-state index contributed by atoms with van der Waals surface area (Å²) in [5.41, 5.74) is 6.98. The summed E-state index contributed by atoms with van der Waals surface area (Å²) in [4.78, 5) is 36.0. The third-order valence-corrected chi connectivity index (χ3v) is 5.92. The number of aliphatic hydroxyl groups is 1. The number of carbonyl (C=O) groups excluding carboxylic acids is 2. The van der Waals surface area contributed by atoms with Gasteiger partial charge in [-0.05, 0) is 37.2 Å². The van der Waals surface area contributed by atoms with Crippen molar-refractivity contribution in [1.29, 1.82) is 5.41 Å². The minimum Gasteiger partial charge on any atom is -0.481 e. The van der Waals surface area contributed by atoms with Crippen LogP contribution in [0.15, 0.2) is 24.3 Å². The van der Waals surface area contributed by atoms with Crippen LogP contribution in [0.4, 0.5) is 0 Å². The molecule has 176 valence electrons. The topological polar surface area (TPSA) is 157 Å². The largest absolute Gasteiger partial charge is 0.481 e. The second kappa shape index (κ2) is 12.2. The van der Waals surface area contributed by atoms with Gasteiger partial charge in [-0.3, -0.25) is 19.8 Å². The number of amides is 2. The van der Waals surface area contributed by atoms with Gasteiger partial charge in [-0.2, -0.15) is 0 Å². The molecule has 9 nitrogen and oxygen atoms in total. The molecule has 1 aliphatic heterocycles. The second-order valence-electron chi connectivity index (χ2n) is 8.38. The van der Waals surface area contributed by atoms with Crippen molar-refractivity contribution in [2.45, 2.75) is 70.6 Å². The first-order valence-electron chi connectivity index (χ1n) is 11.1. The SMILES string of the molecule is CC(=O)O.N=C(N)c1ccc(CNC(=O)[C@H]2CCCN2C(=O)C(O)C2CCCCC2)cc1. The summed E-state index contributed by atoms with van der Waals surface area (Å²) in [6, 6.07) is 6.62. The zero-order chi connectivity index (χ0) is 23.7. The van der Waals surface area contributed by atoms with Gasteiger partial charge in [0, 0.05) is 25.6 Å². The normalized spacial score (nSPS) is 19.4. The van der Waals surface area contributed by atoms with Crippen LogP contribution in [-0.4, -0.2) is 57.4 Å². The molecule has 1 saturated heterocycles. The molecule has 2 atom stereocenters. The molecular formula is C23H34N4O5. The van der Waals surface area contributed by atoms with Gasteiger partial charge in [-0.1, -0.05) is 43.5 Å². The predicted octanol–water partition coefficient (Wildman–Crippen LogP) is 1.61. The Morgan fingerprint density at radius 3 is 2.28 bits per heavy atom. The number of benzene rings is 1. The number of aliphatic hydroxyl groups excluding tert-OH is 1. The quantitative estimate of drug-likeness (QED) is 0.330. The van der Waals surface area contributed by atoms with Crippen molar-refractivity contribution >= 4 is 23.6 Å². The molecule has 2 aliphatic rings. The van der Waals surface area contributed by atoms with Gasteiger partial charge in [0.2, 0.25) is 5.91 Å². The van der Waals surface area contributed by atoms with Crippen LogP contribution in [0.2, 0.25) is 0 Å². The lowest BCUT2D eigenvalue weighted by Gasteiger charge is -2.31. The standard InChI is InChI=1S/C21H30N4O3.C2H4O2/c22-19(23)16-10-8-14(9-11-16)13-24-20(27)17-7-4-12-25(17)21(28)18(26)15-5-2-1-3-6-15;1-2(3)4/h8-11,15,17-18,26H,1-7,12-13H2,(H3,22,23)(H,24,27);1H3,(H,3,4)/t17-,18?;/m1./s1. The van der Waals surface area contributed by atoms with Gasteiger partial charge in [-0.25, -0.2) is 0 Å². The van der Waals surface area contributed by atoms with Crippen molar-refractivity contribution in [3.8, 4) is 0 Å². The maximum Gasteiger partial charge on any atom is 0.300 e. The summed E-state index contributed by atoms with van der Waals surface area (Å²) < 4.78 is 0. The predicted molar refractivity (Wildman–Crippen MR) is 120 cm³/mol. The Kier molecular flexibility index (Phi) is 9.64. The zero-order valence-electron chi connectivity index (χ0n) is 18.5. The number of amidine groups is 1. The molecule has 0 bridgehead atoms. The van der Waals surface area contributed by atoms with Crippen molar-refractivity contribution in [3.63, 3.8) is 0 Å². The highest BCUT2D eigenvalue weighted by Crippen LogP contribution is 2.29. The highest BCUT2D eigenvalue weighted by atomic mass is 16.4. The molecular weight excluding hydrogens is 412 g/mol. The minimum absolute atomic E-state index is 0.00668. The van der Waals surface area contributed by atoms with E-state index in [9.17, 15) is 14.7 Å². The maximum absolute atomic E-state index is 12.8. The Bertz CT molecular complexity index is 801. The number of nitrogen functional groups attached to an aromatic ring is 1. The van der Waals surface area contributed by atoms with Crippen LogP contribution in [-0.2, 0) is 20.9 Å². The van der Waals surface area contributed by atoms with Gasteiger partial charge in [0.05, 0.1) is 0 Å². The van der Waals surface area contributed by atoms with E-state index in [2.05, 4.69) is 5.32 Å². The second-order valence-corrected chi connectivity index (χ2v) is 8.38. The molecule has 1 aliphatic carbocycles. The number of nitrogens with one attached hydrogen (secondary N) is 2. The first-order chi connectivity index (χ1) is 15.2. The van der Waals surface area contributed by atoms with Crippen LogP contribution in [0, 0.1) is 11.3 Å². The molecule has 0 spiro atoms. The van der Waals surface area contributed by atoms with Gasteiger partial charge in [-0.15, -0.1) is 0 Å². The molecule has 3 rings (SSSR count). The fourth-order valence-electron chi connectivity index (χ4n) is 4.23. The molecule has 32 heavy (non-hydrogen) atoms. The molecule has 1 aromatic rings. The number of hydrogen-bond acceptors (Lipinski definition) is 5. The zero-order valence-corrected chi connectivity index (χ0v) is 18.5. The van der Waals surface area contributed by atoms with Crippen LogP contribution in [0.1, 0.15) is 63.0 Å². The summed E-state index contributed by atoms with van der Waals surface area (Å²) in [6.45, 7) is 1.95. The van der Waals surface area contributed by atoms with Crippen LogP contribution >= 0.6 is 0 Å². The summed E-state index contributed by atoms with van der Waals surface area (Å²) >= 11 is 0. The minimum atomic E-state index is -0.993. The Morgan fingerprint density at radius 1 is 1.12 bits per heavy atom. The van der Waals surface area contributed by atoms with Gasteiger partial charge in [0.15, 0.2) is 0 Å². The van der Waals surface area contributed by atoms with E-state index in [4.69, 9.17) is 21.0 Å². The van der Waals surface area contributed by atoms with E-state index in [1.54, 1.807) is 17.0 Å². The Morgan fingerprint density at radius 2 is 1.72 bits per heavy atom. The number of carbonyl (C=O) groups is 3. The Hall–Kier alpha value is -2.94. The van der Waals surface area contributed by atoms with Crippen LogP contribution in [0.3, 0.4) is 0 Å². The molecule has 1 aromatic carbocycles. The first kappa shape index (κ1) is 25.3. The first-order valence-corrected chi connectivity index (χ1v) is 11.1. The molecule has 1 unspecified atom stereocenters. The van der Waals surface area contributed by atoms with E-state index in [0.29, 0.717) is 25.1 Å². The van der Waals surface area contributed by atoms with Crippen LogP contribution in [0.25, 0.3) is 0 Å². The molecule has 6 N–H and O–H groups in total. The third-order valence-electron chi connectivity index (χ3n) is 5.92. The molecule has 2 amide bonds. The molecule has 0 aromatic heterocycles. The number of nitrogens with zero attached hydrogens (tertiary/aromatic N) is 1. The number of hydrogen-bond donors (Lipinski definition) is 5. The monoisotopic (exact) mass is 446 g/mol. The highest BCUT2D eigenvalue weighted by Gasteiger charge is 2.39. The van der Waals surface area contributed by atoms with Crippen molar-refractivity contribution in [1.82, 2.24) is 10.2 Å². The lowest BCUT2D eigenvalue weighted by molar-refractivity contribution is -0.148. The smallest absolute Gasteiger partial charge is 0.300 e. The fourth-order valence-corrected chi connectivity index (χ4v) is 4.23. The highest BCUT2D eigenvalue weighted by molar-refractivity contribution is 5.95. The van der Waals surface area contributed by atoms with E-state index < -0.39 is 18.1 Å². The van der Waals surface area contributed by atoms with E-state index in [-0.39, 0.29) is 23.6 Å². The van der Waals surface area contributed by atoms with Gasteiger partial charge in [0.1, 0.15) is 18.0 Å². The molecule has 1 heterocycles. The van der Waals surface area contributed by atoms with E-state index >= 15 is 0 Å². The van der Waals surface area contributed by atoms with Gasteiger partial charge in [0.25, 0.3) is 11.9 Å². The summed E-state index contributed by atoms with van der Waals surface area (Å²) in [7, 11) is 0. The number of carboxylic acids is 1. The number of nitrogens with two attached hydrogens (primary N) is 1.